The molecule has 2 fully saturated rings. The maximum atomic E-state index is 11.9. The molecule has 0 unspecified atom stereocenters. The highest BCUT2D eigenvalue weighted by molar-refractivity contribution is 5.80. The van der Waals surface area contributed by atoms with Gasteiger partial charge in [0.25, 0.3) is 0 Å². The first-order valence-corrected chi connectivity index (χ1v) is 11.3. The molecule has 0 aliphatic carbocycles. The fourth-order valence-corrected chi connectivity index (χ4v) is 4.30. The summed E-state index contributed by atoms with van der Waals surface area (Å²) in [7, 11) is 1.84. The number of carbonyl (C=O) groups excluding carboxylic acids is 1. The Morgan fingerprint density at radius 3 is 2.47 bits per heavy atom. The van der Waals surface area contributed by atoms with Crippen LogP contribution in [0.1, 0.15) is 50.0 Å². The van der Waals surface area contributed by atoms with Crippen molar-refractivity contribution in [1.29, 1.82) is 0 Å². The van der Waals surface area contributed by atoms with Gasteiger partial charge in [0.1, 0.15) is 5.76 Å². The average Bonchev–Trinajstić information content (AvgIpc) is 3.07. The zero-order valence-electron chi connectivity index (χ0n) is 18.9. The molecule has 0 atom stereocenters. The highest BCUT2D eigenvalue weighted by Crippen LogP contribution is 2.21. The summed E-state index contributed by atoms with van der Waals surface area (Å²) in [4.78, 5) is 25.6. The number of esters is 1. The molecule has 168 valence electrons. The average molecular weight is 420 g/mol. The Kier molecular flexibility index (Phi) is 8.13. The van der Waals surface area contributed by atoms with Gasteiger partial charge in [-0.3, -0.25) is 14.7 Å². The Morgan fingerprint density at radius 1 is 1.20 bits per heavy atom. The predicted octanol–water partition coefficient (Wildman–Crippen LogP) is 2.35. The number of ether oxygens (including phenoxy) is 1. The molecule has 3 rings (SSSR count). The van der Waals surface area contributed by atoms with Crippen LogP contribution in [0.5, 0.6) is 0 Å². The minimum atomic E-state index is -0.0538. The van der Waals surface area contributed by atoms with Crippen LogP contribution in [-0.2, 0) is 16.1 Å². The van der Waals surface area contributed by atoms with Gasteiger partial charge >= 0.3 is 5.97 Å². The summed E-state index contributed by atoms with van der Waals surface area (Å²) in [5.41, 5.74) is 0.988. The molecule has 0 bridgehead atoms. The summed E-state index contributed by atoms with van der Waals surface area (Å²) < 4.78 is 10.9. The molecule has 8 heteroatoms. The van der Waals surface area contributed by atoms with Crippen molar-refractivity contribution in [2.45, 2.75) is 53.0 Å². The van der Waals surface area contributed by atoms with E-state index in [1.54, 1.807) is 0 Å². The molecular weight excluding hydrogens is 382 g/mol. The zero-order chi connectivity index (χ0) is 21.5. The topological polar surface area (TPSA) is 83.2 Å². The smallest absolute Gasteiger partial charge is 0.309 e. The summed E-state index contributed by atoms with van der Waals surface area (Å²) in [6, 6.07) is 0. The van der Waals surface area contributed by atoms with E-state index in [1.165, 1.54) is 0 Å². The van der Waals surface area contributed by atoms with Crippen LogP contribution in [0.2, 0.25) is 0 Å². The second-order valence-electron chi connectivity index (χ2n) is 8.41. The van der Waals surface area contributed by atoms with E-state index in [1.807, 2.05) is 27.8 Å². The molecule has 30 heavy (non-hydrogen) atoms. The summed E-state index contributed by atoms with van der Waals surface area (Å²) in [6.45, 7) is 11.8. The molecule has 3 heterocycles. The number of carbonyl (C=O) groups is 1. The third kappa shape index (κ3) is 5.97. The van der Waals surface area contributed by atoms with E-state index in [9.17, 15) is 4.79 Å². The molecule has 0 radical (unpaired) electrons. The van der Waals surface area contributed by atoms with Gasteiger partial charge in [-0.15, -0.1) is 0 Å². The van der Waals surface area contributed by atoms with E-state index in [0.717, 1.165) is 88.3 Å². The van der Waals surface area contributed by atoms with Gasteiger partial charge in [-0.25, -0.2) is 4.98 Å². The van der Waals surface area contributed by atoms with Crippen LogP contribution in [0.3, 0.4) is 0 Å². The minimum Gasteiger partial charge on any atom is -0.466 e. The molecule has 1 N–H and O–H groups in total. The number of aliphatic imine (C=N–C) groups is 1. The molecule has 2 aliphatic heterocycles. The Labute approximate surface area is 180 Å². The van der Waals surface area contributed by atoms with Crippen LogP contribution in [0.4, 0.5) is 0 Å². The van der Waals surface area contributed by atoms with Gasteiger partial charge in [-0.05, 0) is 65.5 Å². The van der Waals surface area contributed by atoms with Crippen molar-refractivity contribution in [3.8, 4) is 0 Å². The Morgan fingerprint density at radius 2 is 1.90 bits per heavy atom. The van der Waals surface area contributed by atoms with Crippen molar-refractivity contribution in [2.24, 2.45) is 16.8 Å². The largest absolute Gasteiger partial charge is 0.466 e. The maximum Gasteiger partial charge on any atom is 0.309 e. The summed E-state index contributed by atoms with van der Waals surface area (Å²) in [5.74, 6) is 3.31. The molecule has 1 aromatic heterocycles. The van der Waals surface area contributed by atoms with Gasteiger partial charge < -0.3 is 19.4 Å². The summed E-state index contributed by atoms with van der Waals surface area (Å²) in [5, 5.41) is 3.56. The van der Waals surface area contributed by atoms with E-state index in [0.29, 0.717) is 12.5 Å². The van der Waals surface area contributed by atoms with Gasteiger partial charge in [-0.2, -0.15) is 0 Å². The molecule has 0 spiro atoms. The first-order chi connectivity index (χ1) is 14.5. The van der Waals surface area contributed by atoms with Crippen molar-refractivity contribution >= 4 is 11.9 Å². The molecule has 0 aromatic carbocycles. The van der Waals surface area contributed by atoms with E-state index < -0.39 is 0 Å². The van der Waals surface area contributed by atoms with Crippen LogP contribution in [0, 0.1) is 25.7 Å². The monoisotopic (exact) mass is 419 g/mol. The van der Waals surface area contributed by atoms with Gasteiger partial charge in [0.05, 0.1) is 24.8 Å². The number of guanidine groups is 1. The quantitative estimate of drug-likeness (QED) is 0.430. The molecular formula is C22H37N5O3. The standard InChI is InChI=1S/C22H37N5O3/c1-5-29-21(28)19-8-12-27(13-9-19)22(23-4)24-14-18-6-10-26(11-7-18)15-20-25-16(2)17(3)30-20/h18-19H,5-15H2,1-4H3,(H,23,24). The SMILES string of the molecule is CCOC(=O)C1CCN(C(=NC)NCC2CCN(Cc3nc(C)c(C)o3)CC2)CC1. The Hall–Kier alpha value is -2.09. The Bertz CT molecular complexity index is 697. The van der Waals surface area contributed by atoms with Gasteiger partial charge in [0, 0.05) is 26.7 Å². The third-order valence-corrected chi connectivity index (χ3v) is 6.31. The lowest BCUT2D eigenvalue weighted by atomic mass is 9.96. The van der Waals surface area contributed by atoms with Gasteiger partial charge in [0.15, 0.2) is 5.96 Å². The molecule has 0 amide bonds. The van der Waals surface area contributed by atoms with E-state index >= 15 is 0 Å². The number of likely N-dealkylation sites (tertiary alicyclic amines) is 2. The van der Waals surface area contributed by atoms with Crippen molar-refractivity contribution in [3.63, 3.8) is 0 Å². The van der Waals surface area contributed by atoms with Gasteiger partial charge in [-0.1, -0.05) is 0 Å². The third-order valence-electron chi connectivity index (χ3n) is 6.31. The molecule has 8 nitrogen and oxygen atoms in total. The summed E-state index contributed by atoms with van der Waals surface area (Å²) in [6.07, 6.45) is 3.98. The number of oxazole rings is 1. The number of rotatable bonds is 6. The highest BCUT2D eigenvalue weighted by atomic mass is 16.5. The fourth-order valence-electron chi connectivity index (χ4n) is 4.30. The van der Waals surface area contributed by atoms with Crippen LogP contribution >= 0.6 is 0 Å². The Balaban J connectivity index is 1.37. The van der Waals surface area contributed by atoms with Crippen LogP contribution in [-0.4, -0.2) is 73.1 Å². The molecule has 1 aromatic rings. The number of aromatic nitrogens is 1. The lowest BCUT2D eigenvalue weighted by Gasteiger charge is -2.35. The first-order valence-electron chi connectivity index (χ1n) is 11.3. The lowest BCUT2D eigenvalue weighted by Crippen LogP contribution is -2.48. The number of hydrogen-bond donors (Lipinski definition) is 1. The maximum absolute atomic E-state index is 11.9. The second kappa shape index (κ2) is 10.8. The molecule has 0 saturated carbocycles. The number of hydrogen-bond acceptors (Lipinski definition) is 6. The van der Waals surface area contributed by atoms with E-state index in [-0.39, 0.29) is 11.9 Å². The van der Waals surface area contributed by atoms with E-state index in [2.05, 4.69) is 25.1 Å². The fraction of sp³-hybridized carbons (Fsp3) is 0.773. The lowest BCUT2D eigenvalue weighted by molar-refractivity contribution is -0.149. The number of nitrogens with zero attached hydrogens (tertiary/aromatic N) is 4. The van der Waals surface area contributed by atoms with Crippen LogP contribution in [0.15, 0.2) is 9.41 Å². The number of piperidine rings is 2. The van der Waals surface area contributed by atoms with Crippen LogP contribution < -0.4 is 5.32 Å². The van der Waals surface area contributed by atoms with Crippen LogP contribution in [0.25, 0.3) is 0 Å². The van der Waals surface area contributed by atoms with Crippen molar-refractivity contribution in [1.82, 2.24) is 20.1 Å². The summed E-state index contributed by atoms with van der Waals surface area (Å²) >= 11 is 0. The normalized spacial score (nSPS) is 19.9. The minimum absolute atomic E-state index is 0.0276. The number of nitrogens with one attached hydrogen (secondary N) is 1. The van der Waals surface area contributed by atoms with E-state index in [4.69, 9.17) is 9.15 Å². The predicted molar refractivity (Wildman–Crippen MR) is 116 cm³/mol. The van der Waals surface area contributed by atoms with Gasteiger partial charge in [0.2, 0.25) is 5.89 Å². The highest BCUT2D eigenvalue weighted by Gasteiger charge is 2.28. The molecule has 2 aliphatic rings. The van der Waals surface area contributed by atoms with Crippen molar-refractivity contribution in [2.75, 3.05) is 46.4 Å². The zero-order valence-corrected chi connectivity index (χ0v) is 18.9. The molecule has 2 saturated heterocycles. The van der Waals surface area contributed by atoms with Crippen molar-refractivity contribution < 1.29 is 13.9 Å². The van der Waals surface area contributed by atoms with Crippen molar-refractivity contribution in [3.05, 3.63) is 17.3 Å². The number of aryl methyl sites for hydroxylation is 2. The second-order valence-corrected chi connectivity index (χ2v) is 8.41. The first kappa shape index (κ1) is 22.6.